The van der Waals surface area contributed by atoms with E-state index >= 15 is 0 Å². The maximum atomic E-state index is 5.55. The van der Waals surface area contributed by atoms with Crippen molar-refractivity contribution in [3.05, 3.63) is 12.2 Å². The summed E-state index contributed by atoms with van der Waals surface area (Å²) in [6.45, 7) is 4.41. The topological polar surface area (TPSA) is 0 Å². The molecule has 0 aromatic heterocycles. The summed E-state index contributed by atoms with van der Waals surface area (Å²) in [6, 6.07) is 0. The molecule has 0 N–H and O–H groups in total. The van der Waals surface area contributed by atoms with Gasteiger partial charge < -0.3 is 0 Å². The van der Waals surface area contributed by atoms with E-state index in [-0.39, 0.29) is 0 Å². The normalized spacial score (nSPS) is 11.6. The van der Waals surface area contributed by atoms with Crippen LogP contribution >= 0.6 is 11.6 Å². The first-order valence-corrected chi connectivity index (χ1v) is 5.03. The average molecular weight is 175 g/mol. The van der Waals surface area contributed by atoms with E-state index in [0.717, 1.165) is 12.3 Å². The molecule has 0 fully saturated rings. The van der Waals surface area contributed by atoms with Crippen LogP contribution in [0, 0.1) is 5.92 Å². The highest BCUT2D eigenvalue weighted by Gasteiger charge is 1.86. The van der Waals surface area contributed by atoms with Crippen LogP contribution in [0.1, 0.15) is 39.5 Å². The molecule has 0 radical (unpaired) electrons. The first-order valence-electron chi connectivity index (χ1n) is 4.50. The summed E-state index contributed by atoms with van der Waals surface area (Å²) >= 11 is 5.55. The Morgan fingerprint density at radius 1 is 1.18 bits per heavy atom. The third-order valence-corrected chi connectivity index (χ3v) is 1.79. The van der Waals surface area contributed by atoms with Gasteiger partial charge in [-0.2, -0.15) is 0 Å². The summed E-state index contributed by atoms with van der Waals surface area (Å²) in [4.78, 5) is 0. The summed E-state index contributed by atoms with van der Waals surface area (Å²) in [5.41, 5.74) is 0. The first-order chi connectivity index (χ1) is 5.27. The molecule has 0 saturated carbocycles. The van der Waals surface area contributed by atoms with Crippen molar-refractivity contribution in [2.75, 3.05) is 5.88 Å². The Labute approximate surface area is 75.6 Å². The van der Waals surface area contributed by atoms with Crippen LogP contribution in [-0.2, 0) is 0 Å². The number of unbranched alkanes of at least 4 members (excludes halogenated alkanes) is 3. The fourth-order valence-corrected chi connectivity index (χ4v) is 1.09. The lowest BCUT2D eigenvalue weighted by atomic mass is 10.1. The van der Waals surface area contributed by atoms with Crippen LogP contribution in [0.25, 0.3) is 0 Å². The van der Waals surface area contributed by atoms with Gasteiger partial charge in [0.15, 0.2) is 0 Å². The number of allylic oxidation sites excluding steroid dienone is 2. The molecule has 11 heavy (non-hydrogen) atoms. The molecule has 0 aromatic carbocycles. The molecule has 0 heterocycles. The minimum atomic E-state index is 0.697. The molecule has 0 aromatic rings. The molecule has 0 atom stereocenters. The SMILES string of the molecule is CC(C)/C=C/CCCCCCl. The molecule has 0 aliphatic heterocycles. The van der Waals surface area contributed by atoms with Gasteiger partial charge in [-0.1, -0.05) is 32.4 Å². The third-order valence-electron chi connectivity index (χ3n) is 1.53. The van der Waals surface area contributed by atoms with Crippen LogP contribution in [-0.4, -0.2) is 5.88 Å². The zero-order valence-electron chi connectivity index (χ0n) is 7.65. The smallest absolute Gasteiger partial charge is 0.0223 e. The second-order valence-electron chi connectivity index (χ2n) is 3.21. The van der Waals surface area contributed by atoms with Gasteiger partial charge in [-0.15, -0.1) is 11.6 Å². The fourth-order valence-electron chi connectivity index (χ4n) is 0.902. The average Bonchev–Trinajstić information content (AvgIpc) is 1.96. The lowest BCUT2D eigenvalue weighted by Gasteiger charge is -1.95. The van der Waals surface area contributed by atoms with Crippen molar-refractivity contribution in [2.24, 2.45) is 5.92 Å². The van der Waals surface area contributed by atoms with Crippen molar-refractivity contribution in [3.63, 3.8) is 0 Å². The number of rotatable bonds is 6. The number of alkyl halides is 1. The zero-order valence-corrected chi connectivity index (χ0v) is 8.40. The number of hydrogen-bond acceptors (Lipinski definition) is 0. The second kappa shape index (κ2) is 8.13. The fraction of sp³-hybridized carbons (Fsp3) is 0.800. The Bertz CT molecular complexity index is 95.0. The Balaban J connectivity index is 3.01. The standard InChI is InChI=1S/C10H19Cl/c1-10(2)8-6-4-3-5-7-9-11/h6,8,10H,3-5,7,9H2,1-2H3/b8-6+. The first kappa shape index (κ1) is 11.0. The molecule has 0 amide bonds. The molecular formula is C10H19Cl. The van der Waals surface area contributed by atoms with Crippen molar-refractivity contribution in [1.29, 1.82) is 0 Å². The van der Waals surface area contributed by atoms with E-state index in [1.807, 2.05) is 0 Å². The van der Waals surface area contributed by atoms with Crippen LogP contribution in [0.2, 0.25) is 0 Å². The van der Waals surface area contributed by atoms with Gasteiger partial charge in [-0.05, 0) is 25.2 Å². The minimum Gasteiger partial charge on any atom is -0.127 e. The lowest BCUT2D eigenvalue weighted by Crippen LogP contribution is -1.79. The Hall–Kier alpha value is 0.0300. The highest BCUT2D eigenvalue weighted by Crippen LogP contribution is 2.03. The van der Waals surface area contributed by atoms with Crippen molar-refractivity contribution in [1.82, 2.24) is 0 Å². The molecule has 0 aliphatic rings. The molecule has 0 aliphatic carbocycles. The lowest BCUT2D eigenvalue weighted by molar-refractivity contribution is 0.726. The van der Waals surface area contributed by atoms with Gasteiger partial charge in [0.25, 0.3) is 0 Å². The Kier molecular flexibility index (Phi) is 8.15. The van der Waals surface area contributed by atoms with E-state index in [4.69, 9.17) is 11.6 Å². The predicted molar refractivity (Wildman–Crippen MR) is 53.2 cm³/mol. The van der Waals surface area contributed by atoms with Gasteiger partial charge >= 0.3 is 0 Å². The van der Waals surface area contributed by atoms with Gasteiger partial charge in [0.1, 0.15) is 0 Å². The van der Waals surface area contributed by atoms with Gasteiger partial charge in [-0.25, -0.2) is 0 Å². The van der Waals surface area contributed by atoms with Crippen molar-refractivity contribution < 1.29 is 0 Å². The van der Waals surface area contributed by atoms with E-state index in [1.54, 1.807) is 0 Å². The molecule has 1 heteroatoms. The summed E-state index contributed by atoms with van der Waals surface area (Å²) in [7, 11) is 0. The molecule has 0 bridgehead atoms. The Morgan fingerprint density at radius 3 is 2.45 bits per heavy atom. The molecular weight excluding hydrogens is 156 g/mol. The molecule has 66 valence electrons. The van der Waals surface area contributed by atoms with Crippen LogP contribution in [0.5, 0.6) is 0 Å². The van der Waals surface area contributed by atoms with Crippen LogP contribution in [0.3, 0.4) is 0 Å². The largest absolute Gasteiger partial charge is 0.127 e. The summed E-state index contributed by atoms with van der Waals surface area (Å²) < 4.78 is 0. The van der Waals surface area contributed by atoms with Crippen LogP contribution in [0.15, 0.2) is 12.2 Å². The highest BCUT2D eigenvalue weighted by atomic mass is 35.5. The molecule has 0 rings (SSSR count). The van der Waals surface area contributed by atoms with Crippen molar-refractivity contribution in [2.45, 2.75) is 39.5 Å². The monoisotopic (exact) mass is 174 g/mol. The molecule has 0 unspecified atom stereocenters. The van der Waals surface area contributed by atoms with Crippen LogP contribution in [0.4, 0.5) is 0 Å². The van der Waals surface area contributed by atoms with E-state index < -0.39 is 0 Å². The van der Waals surface area contributed by atoms with Crippen LogP contribution < -0.4 is 0 Å². The quantitative estimate of drug-likeness (QED) is 0.325. The summed E-state index contributed by atoms with van der Waals surface area (Å²) in [5.74, 6) is 1.51. The number of hydrogen-bond donors (Lipinski definition) is 0. The molecule has 0 saturated heterocycles. The van der Waals surface area contributed by atoms with Gasteiger partial charge in [0, 0.05) is 5.88 Å². The minimum absolute atomic E-state index is 0.697. The third kappa shape index (κ3) is 10.0. The maximum absolute atomic E-state index is 5.55. The molecule has 0 nitrogen and oxygen atoms in total. The predicted octanol–water partition coefficient (Wildman–Crippen LogP) is 4.00. The van der Waals surface area contributed by atoms with Gasteiger partial charge in [0.2, 0.25) is 0 Å². The zero-order chi connectivity index (χ0) is 8.53. The summed E-state index contributed by atoms with van der Waals surface area (Å²) in [5, 5.41) is 0. The van der Waals surface area contributed by atoms with Crippen molar-refractivity contribution >= 4 is 11.6 Å². The van der Waals surface area contributed by atoms with E-state index in [9.17, 15) is 0 Å². The Morgan fingerprint density at radius 2 is 1.91 bits per heavy atom. The maximum Gasteiger partial charge on any atom is 0.0223 e. The molecule has 0 spiro atoms. The highest BCUT2D eigenvalue weighted by molar-refractivity contribution is 6.17. The van der Waals surface area contributed by atoms with E-state index in [2.05, 4.69) is 26.0 Å². The van der Waals surface area contributed by atoms with Gasteiger partial charge in [0.05, 0.1) is 0 Å². The van der Waals surface area contributed by atoms with Gasteiger partial charge in [-0.3, -0.25) is 0 Å². The summed E-state index contributed by atoms with van der Waals surface area (Å²) in [6.07, 6.45) is 9.48. The van der Waals surface area contributed by atoms with Crippen molar-refractivity contribution in [3.8, 4) is 0 Å². The number of halogens is 1. The van der Waals surface area contributed by atoms with E-state index in [1.165, 1.54) is 19.3 Å². The second-order valence-corrected chi connectivity index (χ2v) is 3.59. The van der Waals surface area contributed by atoms with E-state index in [0.29, 0.717) is 5.92 Å².